The van der Waals surface area contributed by atoms with E-state index in [2.05, 4.69) is 26.7 Å². The Balaban J connectivity index is 1.93. The molecule has 2 heterocycles. The molecule has 5 nitrogen and oxygen atoms in total. The molecule has 2 rings (SSSR count). The molecule has 1 aromatic rings. The molecule has 0 amide bonds. The third kappa shape index (κ3) is 4.14. The quantitative estimate of drug-likeness (QED) is 0.874. The van der Waals surface area contributed by atoms with Crippen LogP contribution in [0.25, 0.3) is 0 Å². The summed E-state index contributed by atoms with van der Waals surface area (Å²) in [4.78, 5) is 13.6. The molecule has 0 saturated carbocycles. The van der Waals surface area contributed by atoms with E-state index in [1.807, 2.05) is 19.2 Å². The normalized spacial score (nSPS) is 19.2. The zero-order chi connectivity index (χ0) is 13.7. The van der Waals surface area contributed by atoms with Gasteiger partial charge in [0, 0.05) is 32.4 Å². The number of aromatic nitrogens is 2. The minimum Gasteiger partial charge on any atom is -0.355 e. The summed E-state index contributed by atoms with van der Waals surface area (Å²) >= 11 is 0. The predicted molar refractivity (Wildman–Crippen MR) is 78.3 cm³/mol. The van der Waals surface area contributed by atoms with Gasteiger partial charge in [0.15, 0.2) is 0 Å². The van der Waals surface area contributed by atoms with E-state index in [0.29, 0.717) is 5.92 Å². The van der Waals surface area contributed by atoms with Crippen LogP contribution in [0, 0.1) is 12.8 Å². The molecule has 1 unspecified atom stereocenters. The highest BCUT2D eigenvalue weighted by Gasteiger charge is 2.17. The molecule has 19 heavy (non-hydrogen) atoms. The fraction of sp³-hybridized carbons (Fsp3) is 0.714. The summed E-state index contributed by atoms with van der Waals surface area (Å²) in [5.74, 6) is 2.48. The van der Waals surface area contributed by atoms with Crippen LogP contribution in [0.2, 0.25) is 0 Å². The molecular weight excluding hydrogens is 238 g/mol. The number of hydrogen-bond acceptors (Lipinski definition) is 5. The van der Waals surface area contributed by atoms with Gasteiger partial charge in [-0.15, -0.1) is 0 Å². The lowest BCUT2D eigenvalue weighted by atomic mass is 10.1. The van der Waals surface area contributed by atoms with E-state index >= 15 is 0 Å². The molecule has 5 heteroatoms. The molecular formula is C14H25N5. The minimum absolute atomic E-state index is 0.577. The molecule has 1 aromatic heterocycles. The number of rotatable bonds is 4. The Bertz CT molecular complexity index is 395. The van der Waals surface area contributed by atoms with Crippen LogP contribution in [0.5, 0.6) is 0 Å². The van der Waals surface area contributed by atoms with E-state index in [-0.39, 0.29) is 0 Å². The lowest BCUT2D eigenvalue weighted by Crippen LogP contribution is -2.35. The highest BCUT2D eigenvalue weighted by molar-refractivity contribution is 5.37. The van der Waals surface area contributed by atoms with Gasteiger partial charge < -0.3 is 15.5 Å². The Kier molecular flexibility index (Phi) is 5.10. The first-order valence-corrected chi connectivity index (χ1v) is 7.16. The number of nitrogens with two attached hydrogens (primary N) is 1. The minimum atomic E-state index is 0.577. The summed E-state index contributed by atoms with van der Waals surface area (Å²) in [6, 6.07) is 2.01. The zero-order valence-corrected chi connectivity index (χ0v) is 12.0. The van der Waals surface area contributed by atoms with E-state index < -0.39 is 0 Å². The van der Waals surface area contributed by atoms with Gasteiger partial charge in [0.05, 0.1) is 0 Å². The summed E-state index contributed by atoms with van der Waals surface area (Å²) in [7, 11) is 0. The SMILES string of the molecule is Cc1nccc(N2CCCN(CC(C)CN)CC2)n1. The van der Waals surface area contributed by atoms with Gasteiger partial charge >= 0.3 is 0 Å². The molecule has 1 atom stereocenters. The molecule has 1 aliphatic rings. The lowest BCUT2D eigenvalue weighted by molar-refractivity contribution is 0.255. The van der Waals surface area contributed by atoms with E-state index in [0.717, 1.165) is 50.9 Å². The van der Waals surface area contributed by atoms with Gasteiger partial charge in [-0.25, -0.2) is 9.97 Å². The van der Waals surface area contributed by atoms with Crippen LogP contribution in [0.15, 0.2) is 12.3 Å². The summed E-state index contributed by atoms with van der Waals surface area (Å²) in [5.41, 5.74) is 5.71. The fourth-order valence-electron chi connectivity index (χ4n) is 2.52. The van der Waals surface area contributed by atoms with Crippen LogP contribution < -0.4 is 10.6 Å². The molecule has 0 bridgehead atoms. The molecule has 0 spiro atoms. The third-order valence-corrected chi connectivity index (χ3v) is 3.65. The second kappa shape index (κ2) is 6.82. The Morgan fingerprint density at radius 1 is 1.32 bits per heavy atom. The molecule has 1 fully saturated rings. The highest BCUT2D eigenvalue weighted by atomic mass is 15.2. The maximum absolute atomic E-state index is 5.71. The number of anilines is 1. The zero-order valence-electron chi connectivity index (χ0n) is 12.0. The third-order valence-electron chi connectivity index (χ3n) is 3.65. The van der Waals surface area contributed by atoms with Crippen LogP contribution in [-0.4, -0.2) is 54.1 Å². The van der Waals surface area contributed by atoms with Gasteiger partial charge in [-0.2, -0.15) is 0 Å². The smallest absolute Gasteiger partial charge is 0.132 e. The van der Waals surface area contributed by atoms with Crippen molar-refractivity contribution < 1.29 is 0 Å². The number of nitrogens with zero attached hydrogens (tertiary/aromatic N) is 4. The second-order valence-electron chi connectivity index (χ2n) is 5.44. The van der Waals surface area contributed by atoms with E-state index in [1.54, 1.807) is 0 Å². The van der Waals surface area contributed by atoms with Gasteiger partial charge in [0.1, 0.15) is 11.6 Å². The fourth-order valence-corrected chi connectivity index (χ4v) is 2.52. The summed E-state index contributed by atoms with van der Waals surface area (Å²) in [6.07, 6.45) is 3.02. The van der Waals surface area contributed by atoms with Gasteiger partial charge in [-0.05, 0) is 38.4 Å². The Labute approximate surface area is 115 Å². The van der Waals surface area contributed by atoms with Crippen molar-refractivity contribution in [3.05, 3.63) is 18.1 Å². The van der Waals surface area contributed by atoms with Crippen molar-refractivity contribution in [3.8, 4) is 0 Å². The number of aryl methyl sites for hydroxylation is 1. The topological polar surface area (TPSA) is 58.3 Å². The van der Waals surface area contributed by atoms with Gasteiger partial charge in [0.2, 0.25) is 0 Å². The molecule has 106 valence electrons. The van der Waals surface area contributed by atoms with Crippen LogP contribution >= 0.6 is 0 Å². The lowest BCUT2D eigenvalue weighted by Gasteiger charge is -2.24. The number of hydrogen-bond donors (Lipinski definition) is 1. The molecule has 0 aliphatic carbocycles. The van der Waals surface area contributed by atoms with Crippen molar-refractivity contribution in [2.75, 3.05) is 44.2 Å². The van der Waals surface area contributed by atoms with Crippen molar-refractivity contribution in [3.63, 3.8) is 0 Å². The van der Waals surface area contributed by atoms with Gasteiger partial charge in [-0.3, -0.25) is 0 Å². The van der Waals surface area contributed by atoms with E-state index in [9.17, 15) is 0 Å². The Hall–Kier alpha value is -1.20. The van der Waals surface area contributed by atoms with Crippen molar-refractivity contribution in [2.24, 2.45) is 11.7 Å². The standard InChI is InChI=1S/C14H25N5/c1-12(10-15)11-18-6-3-7-19(9-8-18)14-4-5-16-13(2)17-14/h4-5,12H,3,6-11,15H2,1-2H3. The molecule has 0 radical (unpaired) electrons. The Morgan fingerprint density at radius 3 is 2.89 bits per heavy atom. The average Bonchev–Trinajstić information content (AvgIpc) is 2.64. The Morgan fingerprint density at radius 2 is 2.16 bits per heavy atom. The predicted octanol–water partition coefficient (Wildman–Crippen LogP) is 0.892. The summed E-state index contributed by atoms with van der Waals surface area (Å²) in [6.45, 7) is 10.4. The van der Waals surface area contributed by atoms with Crippen molar-refractivity contribution in [2.45, 2.75) is 20.3 Å². The largest absolute Gasteiger partial charge is 0.355 e. The summed E-state index contributed by atoms with van der Waals surface area (Å²) < 4.78 is 0. The average molecular weight is 263 g/mol. The highest BCUT2D eigenvalue weighted by Crippen LogP contribution is 2.13. The molecule has 1 aliphatic heterocycles. The maximum atomic E-state index is 5.71. The van der Waals surface area contributed by atoms with Crippen LogP contribution in [0.4, 0.5) is 5.82 Å². The monoisotopic (exact) mass is 263 g/mol. The van der Waals surface area contributed by atoms with Crippen LogP contribution in [0.3, 0.4) is 0 Å². The van der Waals surface area contributed by atoms with Crippen molar-refractivity contribution in [1.82, 2.24) is 14.9 Å². The van der Waals surface area contributed by atoms with Crippen molar-refractivity contribution >= 4 is 5.82 Å². The summed E-state index contributed by atoms with van der Waals surface area (Å²) in [5, 5.41) is 0. The van der Waals surface area contributed by atoms with Crippen LogP contribution in [0.1, 0.15) is 19.2 Å². The van der Waals surface area contributed by atoms with Crippen molar-refractivity contribution in [1.29, 1.82) is 0 Å². The van der Waals surface area contributed by atoms with E-state index in [4.69, 9.17) is 5.73 Å². The first kappa shape index (κ1) is 14.2. The maximum Gasteiger partial charge on any atom is 0.132 e. The first-order valence-electron chi connectivity index (χ1n) is 7.16. The van der Waals surface area contributed by atoms with Crippen LogP contribution in [-0.2, 0) is 0 Å². The molecule has 1 saturated heterocycles. The van der Waals surface area contributed by atoms with Gasteiger partial charge in [0.25, 0.3) is 0 Å². The molecule has 0 aromatic carbocycles. The second-order valence-corrected chi connectivity index (χ2v) is 5.44. The molecule has 2 N–H and O–H groups in total. The van der Waals surface area contributed by atoms with E-state index in [1.165, 1.54) is 6.42 Å². The van der Waals surface area contributed by atoms with Gasteiger partial charge in [-0.1, -0.05) is 6.92 Å². The first-order chi connectivity index (χ1) is 9.19.